The fourth-order valence-electron chi connectivity index (χ4n) is 13.4. The molecule has 6 heterocycles. The van der Waals surface area contributed by atoms with Crippen molar-refractivity contribution in [2.75, 3.05) is 74.0 Å². The monoisotopic (exact) mass is 1060 g/mol. The van der Waals surface area contributed by atoms with Crippen LogP contribution in [0, 0.1) is 67.0 Å². The first kappa shape index (κ1) is 74.8. The first-order valence-corrected chi connectivity index (χ1v) is 31.5. The molecule has 6 nitrogen and oxygen atoms in total. The van der Waals surface area contributed by atoms with Gasteiger partial charge in [-0.15, -0.1) is 0 Å². The second-order valence-electron chi connectivity index (χ2n) is 35.0. The minimum atomic E-state index is 0. The summed E-state index contributed by atoms with van der Waals surface area (Å²) in [5.41, 5.74) is 3.88. The van der Waals surface area contributed by atoms with Crippen LogP contribution in [0.25, 0.3) is 0 Å². The maximum Gasteiger partial charge on any atom is 0.0149 e. The van der Waals surface area contributed by atoms with Crippen molar-refractivity contribution in [1.82, 2.24) is 29.8 Å². The largest absolute Gasteiger partial charge is 0.314 e. The zero-order valence-electron chi connectivity index (χ0n) is 56.9. The Morgan fingerprint density at radius 1 is 0.387 bits per heavy atom. The molecular weight excluding hydrogens is 913 g/mol. The first-order chi connectivity index (χ1) is 33.2. The first-order valence-electron chi connectivity index (χ1n) is 31.5. The van der Waals surface area contributed by atoms with Crippen LogP contribution in [-0.2, 0) is 0 Å². The maximum atomic E-state index is 3.56. The van der Waals surface area contributed by atoms with E-state index in [2.05, 4.69) is 245 Å². The molecule has 75 heavy (non-hydrogen) atoms. The van der Waals surface area contributed by atoms with Crippen molar-refractivity contribution in [3.63, 3.8) is 0 Å². The molecule has 6 saturated heterocycles. The van der Waals surface area contributed by atoms with Gasteiger partial charge in [0.15, 0.2) is 0 Å². The van der Waals surface area contributed by atoms with Crippen LogP contribution in [0.2, 0.25) is 0 Å². The molecular formula is C69H146N6. The maximum absolute atomic E-state index is 3.56. The third-order valence-electron chi connectivity index (χ3n) is 18.4. The second-order valence-corrected chi connectivity index (χ2v) is 35.0. The highest BCUT2D eigenvalue weighted by Gasteiger charge is 2.42. The molecule has 0 unspecified atom stereocenters. The van der Waals surface area contributed by atoms with Crippen molar-refractivity contribution < 1.29 is 0 Å². The van der Waals surface area contributed by atoms with E-state index in [-0.39, 0.29) is 7.43 Å². The van der Waals surface area contributed by atoms with Crippen LogP contribution in [0.15, 0.2) is 0 Å². The van der Waals surface area contributed by atoms with E-state index in [1.54, 1.807) is 0 Å². The van der Waals surface area contributed by atoms with Crippen LogP contribution in [0.3, 0.4) is 0 Å². The number of hydrogen-bond donors (Lipinski definition) is 1. The van der Waals surface area contributed by atoms with Crippen LogP contribution in [-0.4, -0.2) is 135 Å². The van der Waals surface area contributed by atoms with Crippen LogP contribution >= 0.6 is 0 Å². The molecule has 0 aromatic carbocycles. The summed E-state index contributed by atoms with van der Waals surface area (Å²) in [4.78, 5) is 12.8. The Kier molecular flexibility index (Phi) is 30.6. The van der Waals surface area contributed by atoms with Crippen molar-refractivity contribution >= 4 is 0 Å². The van der Waals surface area contributed by atoms with E-state index in [4.69, 9.17) is 0 Å². The molecule has 10 atom stereocenters. The predicted molar refractivity (Wildman–Crippen MR) is 342 cm³/mol. The van der Waals surface area contributed by atoms with E-state index in [9.17, 15) is 0 Å². The molecule has 6 heteroatoms. The number of rotatable bonds is 7. The van der Waals surface area contributed by atoms with Crippen molar-refractivity contribution in [3.05, 3.63) is 0 Å². The summed E-state index contributed by atoms with van der Waals surface area (Å²) in [7, 11) is 9.07. The smallest absolute Gasteiger partial charge is 0.0149 e. The average molecular weight is 1060 g/mol. The van der Waals surface area contributed by atoms with E-state index in [1.165, 1.54) is 123 Å². The molecule has 6 aliphatic heterocycles. The lowest BCUT2D eigenvalue weighted by Crippen LogP contribution is -2.37. The van der Waals surface area contributed by atoms with Gasteiger partial charge in [0.2, 0.25) is 0 Å². The number of nitrogens with one attached hydrogen (secondary N) is 1. The molecule has 0 saturated carbocycles. The van der Waals surface area contributed by atoms with Crippen molar-refractivity contribution in [2.24, 2.45) is 67.0 Å². The van der Waals surface area contributed by atoms with Crippen molar-refractivity contribution in [1.29, 1.82) is 0 Å². The van der Waals surface area contributed by atoms with Gasteiger partial charge in [0, 0.05) is 36.3 Å². The summed E-state index contributed by atoms with van der Waals surface area (Å²) in [5.74, 6) is 3.58. The Bertz CT molecular complexity index is 1410. The van der Waals surface area contributed by atoms with Gasteiger partial charge in [-0.05, 0) is 218 Å². The van der Waals surface area contributed by atoms with Gasteiger partial charge in [0.25, 0.3) is 0 Å². The Hall–Kier alpha value is -0.240. The predicted octanol–water partition coefficient (Wildman–Crippen LogP) is 18.0. The molecule has 6 aliphatic rings. The van der Waals surface area contributed by atoms with E-state index in [0.717, 1.165) is 59.9 Å². The molecule has 6 rings (SSSR count). The Labute approximate surface area is 476 Å². The van der Waals surface area contributed by atoms with Gasteiger partial charge in [0.05, 0.1) is 0 Å². The molecule has 0 radical (unpaired) electrons. The minimum absolute atomic E-state index is 0. The van der Waals surface area contributed by atoms with Crippen LogP contribution < -0.4 is 5.32 Å². The summed E-state index contributed by atoms with van der Waals surface area (Å²) in [6.45, 7) is 72.5. The Balaban J connectivity index is 0.000000875. The Morgan fingerprint density at radius 2 is 0.693 bits per heavy atom. The van der Waals surface area contributed by atoms with E-state index in [0.29, 0.717) is 43.3 Å². The van der Waals surface area contributed by atoms with Gasteiger partial charge in [0.1, 0.15) is 0 Å². The molecule has 0 aliphatic carbocycles. The van der Waals surface area contributed by atoms with Gasteiger partial charge in [-0.2, -0.15) is 0 Å². The summed E-state index contributed by atoms with van der Waals surface area (Å²) in [6.07, 6.45) is 16.2. The lowest BCUT2D eigenvalue weighted by atomic mass is 9.76. The third-order valence-corrected chi connectivity index (χ3v) is 18.4. The quantitative estimate of drug-likeness (QED) is 0.273. The third kappa shape index (κ3) is 29.9. The van der Waals surface area contributed by atoms with Crippen LogP contribution in [0.4, 0.5) is 0 Å². The molecule has 0 amide bonds. The summed E-state index contributed by atoms with van der Waals surface area (Å²) < 4.78 is 0. The molecule has 0 aromatic rings. The summed E-state index contributed by atoms with van der Waals surface area (Å²) in [6, 6.07) is 4.80. The second kappa shape index (κ2) is 30.7. The van der Waals surface area contributed by atoms with E-state index < -0.39 is 0 Å². The van der Waals surface area contributed by atoms with Crippen LogP contribution in [0.5, 0.6) is 0 Å². The fraction of sp³-hybridized carbons (Fsp3) is 1.00. The fourth-order valence-corrected chi connectivity index (χ4v) is 13.4. The normalized spacial score (nSPS) is 30.9. The van der Waals surface area contributed by atoms with Crippen molar-refractivity contribution in [3.8, 4) is 0 Å². The van der Waals surface area contributed by atoms with E-state index in [1.807, 2.05) is 0 Å². The topological polar surface area (TPSA) is 28.2 Å². The van der Waals surface area contributed by atoms with Crippen LogP contribution in [0.1, 0.15) is 271 Å². The lowest BCUT2D eigenvalue weighted by molar-refractivity contribution is 0.149. The number of hydrogen-bond acceptors (Lipinski definition) is 6. The lowest BCUT2D eigenvalue weighted by Gasteiger charge is -2.35. The summed E-state index contributed by atoms with van der Waals surface area (Å²) >= 11 is 0. The highest BCUT2D eigenvalue weighted by Crippen LogP contribution is 2.42. The highest BCUT2D eigenvalue weighted by molar-refractivity contribution is 4.96. The molecule has 0 aromatic heterocycles. The van der Waals surface area contributed by atoms with E-state index >= 15 is 0 Å². The summed E-state index contributed by atoms with van der Waals surface area (Å²) in [5, 5.41) is 3.56. The average Bonchev–Trinajstić information content (AvgIpc) is 4.04. The zero-order valence-corrected chi connectivity index (χ0v) is 56.9. The number of nitrogens with zero attached hydrogens (tertiary/aromatic N) is 5. The van der Waals surface area contributed by atoms with Gasteiger partial charge < -0.3 is 29.8 Å². The SMILES string of the molecule is C.CCN1CC[C@H](C)[C@H]1CC(C)(C)C.CN1CCC(C)(C)[C@H]1CC(C)(C)C.CN1CCC(C)(C)[C@H]1CC(C)(C)C.C[C@@H]1CCN(C)[C@@H]1CC(C)(C)C.C[C@H]1CCN(C)[C@@H]1CC(C)(C)C.C[C@H]1CCN[C@@H]1CC(C)(C)C. The molecule has 1 N–H and O–H groups in total. The minimum Gasteiger partial charge on any atom is -0.314 e. The molecule has 0 spiro atoms. The Morgan fingerprint density at radius 3 is 0.933 bits per heavy atom. The van der Waals surface area contributed by atoms with Gasteiger partial charge in [-0.3, -0.25) is 0 Å². The standard InChI is InChI=1S/3C12H25N.2C11H23N.C10H21N.CH4/c2*1-11(2,3)9-10-12(4,5)7-8-13(10)6;1-6-13-8-7-10(2)11(13)9-12(3,4)5;2*1-9-6-7-12(5)10(9)8-11(2,3)4;1-8-5-6-11-9(8)7-10(2,3)4;/h2*10H,7-9H2,1-6H3;10-11H,6-9H2,1-5H3;2*9-10H,6-8H2,1-5H3;8-9,11H,5-7H2,1-4H3;1H4/t2*10-;10-,11+;9-,10+;9-,10-;8-,9+;/m110010./s1. The van der Waals surface area contributed by atoms with Gasteiger partial charge >= 0.3 is 0 Å². The van der Waals surface area contributed by atoms with Gasteiger partial charge in [-0.1, -0.05) is 194 Å². The van der Waals surface area contributed by atoms with Gasteiger partial charge in [-0.25, -0.2) is 0 Å². The highest BCUT2D eigenvalue weighted by atomic mass is 15.2. The molecule has 0 bridgehead atoms. The zero-order chi connectivity index (χ0) is 57.8. The molecule has 452 valence electrons. The van der Waals surface area contributed by atoms with Crippen molar-refractivity contribution in [2.45, 2.75) is 308 Å². The number of likely N-dealkylation sites (tertiary alicyclic amines) is 5. The molecule has 6 fully saturated rings.